The van der Waals surface area contributed by atoms with Crippen LogP contribution in [0.3, 0.4) is 0 Å². The van der Waals surface area contributed by atoms with E-state index in [0.29, 0.717) is 18.3 Å². The van der Waals surface area contributed by atoms with E-state index >= 15 is 0 Å². The molecule has 1 atom stereocenters. The van der Waals surface area contributed by atoms with Crippen LogP contribution < -0.4 is 5.32 Å². The Balaban J connectivity index is 1.58. The van der Waals surface area contributed by atoms with E-state index in [9.17, 15) is 4.79 Å². The Morgan fingerprint density at radius 1 is 1.59 bits per heavy atom. The Hall–Kier alpha value is -1.13. The molecule has 0 amide bonds. The van der Waals surface area contributed by atoms with Crippen LogP contribution in [-0.2, 0) is 4.74 Å². The van der Waals surface area contributed by atoms with E-state index < -0.39 is 0 Å². The van der Waals surface area contributed by atoms with Gasteiger partial charge in [-0.2, -0.15) is 0 Å². The molecule has 0 spiro atoms. The number of nitrogens with one attached hydrogen (secondary N) is 1. The summed E-state index contributed by atoms with van der Waals surface area (Å²) in [6.07, 6.45) is 5.04. The highest BCUT2D eigenvalue weighted by atomic mass is 16.5. The van der Waals surface area contributed by atoms with Crippen LogP contribution in [0.2, 0.25) is 0 Å². The molecule has 4 nitrogen and oxygen atoms in total. The molecule has 2 heterocycles. The maximum absolute atomic E-state index is 11.5. The first-order chi connectivity index (χ1) is 8.36. The molecule has 1 N–H and O–H groups in total. The molecule has 4 heteroatoms. The lowest BCUT2D eigenvalue weighted by Gasteiger charge is -2.22. The van der Waals surface area contributed by atoms with Gasteiger partial charge in [-0.05, 0) is 50.4 Å². The summed E-state index contributed by atoms with van der Waals surface area (Å²) in [5, 5.41) is 3.37. The molecule has 2 rings (SSSR count). The van der Waals surface area contributed by atoms with Gasteiger partial charge < -0.3 is 14.5 Å². The van der Waals surface area contributed by atoms with Crippen molar-refractivity contribution in [2.75, 3.05) is 26.3 Å². The molecule has 1 fully saturated rings. The van der Waals surface area contributed by atoms with Gasteiger partial charge in [-0.3, -0.25) is 4.79 Å². The number of ether oxygens (including phenoxy) is 1. The summed E-state index contributed by atoms with van der Waals surface area (Å²) < 4.78 is 10.4. The van der Waals surface area contributed by atoms with Gasteiger partial charge in [0, 0.05) is 6.61 Å². The number of ketones is 1. The van der Waals surface area contributed by atoms with E-state index in [0.717, 1.165) is 19.5 Å². The lowest BCUT2D eigenvalue weighted by Crippen LogP contribution is -2.30. The molecule has 0 aromatic carbocycles. The van der Waals surface area contributed by atoms with E-state index in [2.05, 4.69) is 5.32 Å². The molecule has 1 aromatic rings. The summed E-state index contributed by atoms with van der Waals surface area (Å²) in [5.74, 6) is 0.989. The first-order valence-electron chi connectivity index (χ1n) is 6.21. The summed E-state index contributed by atoms with van der Waals surface area (Å²) in [4.78, 5) is 11.5. The standard InChI is InChI=1S/C13H19NO3/c15-12(13-4-2-7-17-13)10-16-8-5-11-3-1-6-14-9-11/h2,4,7,11,14H,1,3,5-6,8-10H2/t11-/m1/s1. The van der Waals surface area contributed by atoms with Gasteiger partial charge in [0.2, 0.25) is 5.78 Å². The highest BCUT2D eigenvalue weighted by Crippen LogP contribution is 2.13. The van der Waals surface area contributed by atoms with Crippen LogP contribution in [0, 0.1) is 5.92 Å². The van der Waals surface area contributed by atoms with Crippen LogP contribution in [0.4, 0.5) is 0 Å². The molecule has 0 radical (unpaired) electrons. The van der Waals surface area contributed by atoms with Gasteiger partial charge in [0.25, 0.3) is 0 Å². The fraction of sp³-hybridized carbons (Fsp3) is 0.615. The number of furan rings is 1. The van der Waals surface area contributed by atoms with E-state index in [-0.39, 0.29) is 12.4 Å². The Bertz CT molecular complexity index is 328. The largest absolute Gasteiger partial charge is 0.461 e. The summed E-state index contributed by atoms with van der Waals surface area (Å²) in [7, 11) is 0. The van der Waals surface area contributed by atoms with Crippen LogP contribution in [-0.4, -0.2) is 32.1 Å². The summed E-state index contributed by atoms with van der Waals surface area (Å²) in [5.41, 5.74) is 0. The molecule has 0 unspecified atom stereocenters. The van der Waals surface area contributed by atoms with E-state index in [1.54, 1.807) is 12.1 Å². The van der Waals surface area contributed by atoms with Crippen molar-refractivity contribution >= 4 is 5.78 Å². The fourth-order valence-corrected chi connectivity index (χ4v) is 2.09. The van der Waals surface area contributed by atoms with Gasteiger partial charge in [0.05, 0.1) is 6.26 Å². The molecule has 0 aliphatic carbocycles. The highest BCUT2D eigenvalue weighted by molar-refractivity contribution is 5.94. The lowest BCUT2D eigenvalue weighted by atomic mass is 9.97. The maximum Gasteiger partial charge on any atom is 0.223 e. The second-order valence-corrected chi connectivity index (χ2v) is 4.45. The molecular formula is C13H19NO3. The Kier molecular flexibility index (Phi) is 4.76. The third kappa shape index (κ3) is 3.98. The van der Waals surface area contributed by atoms with Gasteiger partial charge in [0.15, 0.2) is 5.76 Å². The zero-order valence-corrected chi connectivity index (χ0v) is 9.98. The lowest BCUT2D eigenvalue weighted by molar-refractivity contribution is 0.0699. The van der Waals surface area contributed by atoms with E-state index in [1.165, 1.54) is 19.1 Å². The van der Waals surface area contributed by atoms with Crippen molar-refractivity contribution in [3.8, 4) is 0 Å². The number of piperidine rings is 1. The van der Waals surface area contributed by atoms with Gasteiger partial charge in [-0.1, -0.05) is 0 Å². The Morgan fingerprint density at radius 2 is 2.53 bits per heavy atom. The predicted molar refractivity (Wildman–Crippen MR) is 64.1 cm³/mol. The first kappa shape index (κ1) is 12.3. The molecule has 94 valence electrons. The van der Waals surface area contributed by atoms with Crippen LogP contribution >= 0.6 is 0 Å². The minimum atomic E-state index is -0.0863. The second-order valence-electron chi connectivity index (χ2n) is 4.45. The van der Waals surface area contributed by atoms with Crippen LogP contribution in [0.15, 0.2) is 22.8 Å². The number of hydrogen-bond acceptors (Lipinski definition) is 4. The van der Waals surface area contributed by atoms with Crippen LogP contribution in [0.5, 0.6) is 0 Å². The predicted octanol–water partition coefficient (Wildman–Crippen LogP) is 1.87. The van der Waals surface area contributed by atoms with Gasteiger partial charge in [-0.15, -0.1) is 0 Å². The minimum Gasteiger partial charge on any atom is -0.461 e. The minimum absolute atomic E-state index is 0.0863. The van der Waals surface area contributed by atoms with Crippen molar-refractivity contribution < 1.29 is 13.9 Å². The van der Waals surface area contributed by atoms with Crippen molar-refractivity contribution in [2.24, 2.45) is 5.92 Å². The zero-order chi connectivity index (χ0) is 11.9. The molecule has 0 saturated carbocycles. The average molecular weight is 237 g/mol. The van der Waals surface area contributed by atoms with Gasteiger partial charge >= 0.3 is 0 Å². The molecule has 1 aliphatic rings. The second kappa shape index (κ2) is 6.57. The maximum atomic E-state index is 11.5. The monoisotopic (exact) mass is 237 g/mol. The van der Waals surface area contributed by atoms with Crippen molar-refractivity contribution in [1.29, 1.82) is 0 Å². The first-order valence-corrected chi connectivity index (χ1v) is 6.21. The average Bonchev–Trinajstić information content (AvgIpc) is 2.89. The molecule has 17 heavy (non-hydrogen) atoms. The molecular weight excluding hydrogens is 218 g/mol. The van der Waals surface area contributed by atoms with E-state index in [4.69, 9.17) is 9.15 Å². The highest BCUT2D eigenvalue weighted by Gasteiger charge is 2.13. The number of hydrogen-bond donors (Lipinski definition) is 1. The Morgan fingerprint density at radius 3 is 3.24 bits per heavy atom. The zero-order valence-electron chi connectivity index (χ0n) is 9.98. The van der Waals surface area contributed by atoms with Crippen LogP contribution in [0.1, 0.15) is 29.8 Å². The van der Waals surface area contributed by atoms with Gasteiger partial charge in [0.1, 0.15) is 6.61 Å². The van der Waals surface area contributed by atoms with Crippen molar-refractivity contribution in [3.63, 3.8) is 0 Å². The summed E-state index contributed by atoms with van der Waals surface area (Å²) in [6.45, 7) is 2.98. The van der Waals surface area contributed by atoms with Crippen LogP contribution in [0.25, 0.3) is 0 Å². The quantitative estimate of drug-likeness (QED) is 0.606. The molecule has 1 aromatic heterocycles. The summed E-state index contributed by atoms with van der Waals surface area (Å²) >= 11 is 0. The molecule has 1 aliphatic heterocycles. The van der Waals surface area contributed by atoms with Crippen molar-refractivity contribution in [3.05, 3.63) is 24.2 Å². The van der Waals surface area contributed by atoms with Crippen molar-refractivity contribution in [1.82, 2.24) is 5.32 Å². The van der Waals surface area contributed by atoms with Gasteiger partial charge in [-0.25, -0.2) is 0 Å². The number of carbonyl (C=O) groups excluding carboxylic acids is 1. The molecule has 0 bridgehead atoms. The fourth-order valence-electron chi connectivity index (χ4n) is 2.09. The normalized spacial score (nSPS) is 20.4. The Labute approximate surface area is 101 Å². The van der Waals surface area contributed by atoms with Crippen molar-refractivity contribution in [2.45, 2.75) is 19.3 Å². The third-order valence-electron chi connectivity index (χ3n) is 3.10. The SMILES string of the molecule is O=C(COCC[C@H]1CCCNC1)c1ccco1. The number of carbonyl (C=O) groups is 1. The summed E-state index contributed by atoms with van der Waals surface area (Å²) in [6, 6.07) is 3.37. The molecule has 1 saturated heterocycles. The third-order valence-corrected chi connectivity index (χ3v) is 3.10. The number of rotatable bonds is 6. The smallest absolute Gasteiger partial charge is 0.223 e. The van der Waals surface area contributed by atoms with E-state index in [1.807, 2.05) is 0 Å². The number of Topliss-reactive ketones (excluding diaryl/α,β-unsaturated/α-hetero) is 1. The topological polar surface area (TPSA) is 51.5 Å².